The van der Waals surface area contributed by atoms with Crippen LogP contribution < -0.4 is 4.74 Å². The lowest BCUT2D eigenvalue weighted by Gasteiger charge is -2.10. The Morgan fingerprint density at radius 3 is 2.53 bits per heavy atom. The summed E-state index contributed by atoms with van der Waals surface area (Å²) in [4.78, 5) is 0. The normalized spacial score (nSPS) is 10.5. The van der Waals surface area contributed by atoms with E-state index in [1.165, 1.54) is 0 Å². The average molecular weight is 256 g/mol. The maximum Gasteiger partial charge on any atom is 0.186 e. The van der Waals surface area contributed by atoms with Crippen molar-refractivity contribution in [3.05, 3.63) is 35.7 Å². The molecule has 1 aromatic heterocycles. The van der Waals surface area contributed by atoms with Gasteiger partial charge in [-0.3, -0.25) is 0 Å². The van der Waals surface area contributed by atoms with Gasteiger partial charge in [0.25, 0.3) is 0 Å². The van der Waals surface area contributed by atoms with Gasteiger partial charge in [0.05, 0.1) is 18.0 Å². The third-order valence-corrected chi connectivity index (χ3v) is 2.75. The highest BCUT2D eigenvalue weighted by atomic mass is 16.5. The van der Waals surface area contributed by atoms with E-state index in [0.29, 0.717) is 12.3 Å². The van der Waals surface area contributed by atoms with Crippen LogP contribution in [0, 0.1) is 11.3 Å². The minimum Gasteiger partial charge on any atom is -0.494 e. The number of nitrogens with zero attached hydrogens (tertiary/aromatic N) is 4. The van der Waals surface area contributed by atoms with E-state index in [4.69, 9.17) is 10.00 Å². The van der Waals surface area contributed by atoms with E-state index in [9.17, 15) is 0 Å². The van der Waals surface area contributed by atoms with Crippen LogP contribution in [0.5, 0.6) is 5.75 Å². The fraction of sp³-hybridized carbons (Fsp3) is 0.357. The molecular weight excluding hydrogens is 240 g/mol. The molecule has 2 aromatic rings. The number of hydrogen-bond donors (Lipinski definition) is 0. The standard InChI is InChI=1S/C14H16N4O/c1-4-19-12-7-5-11(6-8-12)18-14(10(2)3)13(9-15)16-17-18/h5-8,10H,4H2,1-3H3. The second kappa shape index (κ2) is 5.53. The van der Waals surface area contributed by atoms with Crippen molar-refractivity contribution in [3.8, 4) is 17.5 Å². The molecule has 19 heavy (non-hydrogen) atoms. The summed E-state index contributed by atoms with van der Waals surface area (Å²) in [5, 5.41) is 17.0. The van der Waals surface area contributed by atoms with E-state index in [1.54, 1.807) is 4.68 Å². The van der Waals surface area contributed by atoms with Gasteiger partial charge in [-0.05, 0) is 37.1 Å². The largest absolute Gasteiger partial charge is 0.494 e. The van der Waals surface area contributed by atoms with Gasteiger partial charge in [0.2, 0.25) is 0 Å². The summed E-state index contributed by atoms with van der Waals surface area (Å²) < 4.78 is 7.11. The zero-order valence-electron chi connectivity index (χ0n) is 11.3. The summed E-state index contributed by atoms with van der Waals surface area (Å²) in [6.07, 6.45) is 0. The summed E-state index contributed by atoms with van der Waals surface area (Å²) >= 11 is 0. The van der Waals surface area contributed by atoms with E-state index in [2.05, 4.69) is 16.4 Å². The predicted octanol–water partition coefficient (Wildman–Crippen LogP) is 2.66. The summed E-state index contributed by atoms with van der Waals surface area (Å²) in [7, 11) is 0. The van der Waals surface area contributed by atoms with Gasteiger partial charge in [0, 0.05) is 0 Å². The fourth-order valence-corrected chi connectivity index (χ4v) is 1.93. The molecule has 0 aliphatic carbocycles. The monoisotopic (exact) mass is 256 g/mol. The molecule has 0 spiro atoms. The first-order valence-electron chi connectivity index (χ1n) is 6.26. The topological polar surface area (TPSA) is 63.7 Å². The summed E-state index contributed by atoms with van der Waals surface area (Å²) in [5.74, 6) is 0.995. The Kier molecular flexibility index (Phi) is 3.81. The molecule has 0 saturated carbocycles. The first kappa shape index (κ1) is 13.1. The lowest BCUT2D eigenvalue weighted by atomic mass is 10.1. The van der Waals surface area contributed by atoms with Crippen molar-refractivity contribution in [3.63, 3.8) is 0 Å². The molecule has 0 amide bonds. The van der Waals surface area contributed by atoms with Crippen molar-refractivity contribution in [2.45, 2.75) is 26.7 Å². The molecule has 0 N–H and O–H groups in total. The van der Waals surface area contributed by atoms with Crippen LogP contribution in [0.3, 0.4) is 0 Å². The maximum atomic E-state index is 9.06. The number of hydrogen-bond acceptors (Lipinski definition) is 4. The number of nitriles is 1. The molecule has 2 rings (SSSR count). The second-order valence-corrected chi connectivity index (χ2v) is 4.43. The molecule has 0 fully saturated rings. The molecule has 5 heteroatoms. The van der Waals surface area contributed by atoms with Crippen LogP contribution in [0.1, 0.15) is 38.1 Å². The van der Waals surface area contributed by atoms with E-state index in [0.717, 1.165) is 17.1 Å². The molecule has 0 aliphatic heterocycles. The van der Waals surface area contributed by atoms with Crippen molar-refractivity contribution in [2.75, 3.05) is 6.61 Å². The molecule has 0 bridgehead atoms. The molecule has 5 nitrogen and oxygen atoms in total. The van der Waals surface area contributed by atoms with Crippen LogP contribution in [0.15, 0.2) is 24.3 Å². The highest BCUT2D eigenvalue weighted by molar-refractivity contribution is 5.40. The minimum absolute atomic E-state index is 0.177. The van der Waals surface area contributed by atoms with Crippen molar-refractivity contribution in [1.29, 1.82) is 5.26 Å². The Morgan fingerprint density at radius 2 is 2.00 bits per heavy atom. The van der Waals surface area contributed by atoms with Crippen molar-refractivity contribution in [1.82, 2.24) is 15.0 Å². The maximum absolute atomic E-state index is 9.06. The number of ether oxygens (including phenoxy) is 1. The van der Waals surface area contributed by atoms with Crippen LogP contribution in [0.2, 0.25) is 0 Å². The third-order valence-electron chi connectivity index (χ3n) is 2.75. The highest BCUT2D eigenvalue weighted by Gasteiger charge is 2.16. The van der Waals surface area contributed by atoms with Gasteiger partial charge in [0.15, 0.2) is 5.69 Å². The van der Waals surface area contributed by atoms with Crippen LogP contribution in [-0.2, 0) is 0 Å². The van der Waals surface area contributed by atoms with E-state index < -0.39 is 0 Å². The molecule has 1 heterocycles. The number of aromatic nitrogens is 3. The van der Waals surface area contributed by atoms with Crippen molar-refractivity contribution >= 4 is 0 Å². The summed E-state index contributed by atoms with van der Waals surface area (Å²) in [5.41, 5.74) is 2.08. The van der Waals surface area contributed by atoms with Gasteiger partial charge in [-0.1, -0.05) is 19.1 Å². The summed E-state index contributed by atoms with van der Waals surface area (Å²) in [6, 6.07) is 9.67. The SMILES string of the molecule is CCOc1ccc(-n2nnc(C#N)c2C(C)C)cc1. The Labute approximate surface area is 112 Å². The quantitative estimate of drug-likeness (QED) is 0.843. The predicted molar refractivity (Wildman–Crippen MR) is 71.3 cm³/mol. The molecule has 0 radical (unpaired) electrons. The van der Waals surface area contributed by atoms with Gasteiger partial charge in [-0.15, -0.1) is 5.10 Å². The van der Waals surface area contributed by atoms with Crippen LogP contribution in [0.4, 0.5) is 0 Å². The lowest BCUT2D eigenvalue weighted by Crippen LogP contribution is -2.05. The first-order chi connectivity index (χ1) is 9.17. The van der Waals surface area contributed by atoms with E-state index in [1.807, 2.05) is 45.0 Å². The van der Waals surface area contributed by atoms with Gasteiger partial charge in [-0.2, -0.15) is 5.26 Å². The van der Waals surface area contributed by atoms with E-state index >= 15 is 0 Å². The molecule has 1 aromatic carbocycles. The minimum atomic E-state index is 0.177. The molecule has 0 saturated heterocycles. The zero-order valence-corrected chi connectivity index (χ0v) is 11.3. The molecule has 0 aliphatic rings. The lowest BCUT2D eigenvalue weighted by molar-refractivity contribution is 0.340. The Hall–Kier alpha value is -2.35. The molecule has 0 unspecified atom stereocenters. The smallest absolute Gasteiger partial charge is 0.186 e. The molecular formula is C14H16N4O. The van der Waals surface area contributed by atoms with Gasteiger partial charge < -0.3 is 4.74 Å². The second-order valence-electron chi connectivity index (χ2n) is 4.43. The van der Waals surface area contributed by atoms with Crippen LogP contribution >= 0.6 is 0 Å². The van der Waals surface area contributed by atoms with Crippen LogP contribution in [-0.4, -0.2) is 21.6 Å². The average Bonchev–Trinajstić information content (AvgIpc) is 2.84. The van der Waals surface area contributed by atoms with Crippen LogP contribution in [0.25, 0.3) is 5.69 Å². The summed E-state index contributed by atoms with van der Waals surface area (Å²) in [6.45, 7) is 6.62. The highest BCUT2D eigenvalue weighted by Crippen LogP contribution is 2.22. The van der Waals surface area contributed by atoms with Gasteiger partial charge in [-0.25, -0.2) is 4.68 Å². The number of rotatable bonds is 4. The van der Waals surface area contributed by atoms with Crippen molar-refractivity contribution in [2.24, 2.45) is 0 Å². The molecule has 98 valence electrons. The van der Waals surface area contributed by atoms with E-state index in [-0.39, 0.29) is 5.92 Å². The Morgan fingerprint density at radius 1 is 1.32 bits per heavy atom. The number of benzene rings is 1. The Balaban J connectivity index is 2.42. The Bertz CT molecular complexity index is 593. The first-order valence-corrected chi connectivity index (χ1v) is 6.26. The fourth-order valence-electron chi connectivity index (χ4n) is 1.93. The van der Waals surface area contributed by atoms with Crippen molar-refractivity contribution < 1.29 is 4.74 Å². The third kappa shape index (κ3) is 2.58. The zero-order chi connectivity index (χ0) is 13.8. The van der Waals surface area contributed by atoms with Gasteiger partial charge >= 0.3 is 0 Å². The van der Waals surface area contributed by atoms with Gasteiger partial charge in [0.1, 0.15) is 11.8 Å². The molecule has 0 atom stereocenters.